The molecule has 1 aromatic rings. The number of nitrogens with two attached hydrogens (primary N) is 1. The Labute approximate surface area is 133 Å². The first kappa shape index (κ1) is 16.0. The number of nitrogens with zero attached hydrogens (tertiary/aromatic N) is 1. The van der Waals surface area contributed by atoms with E-state index in [0.29, 0.717) is 28.1 Å². The Morgan fingerprint density at radius 2 is 2.25 bits per heavy atom. The van der Waals surface area contributed by atoms with Crippen molar-refractivity contribution < 1.29 is 4.79 Å². The van der Waals surface area contributed by atoms with E-state index in [1.165, 1.54) is 0 Å². The molecule has 20 heavy (non-hydrogen) atoms. The largest absolute Gasteiger partial charge is 0.338 e. The van der Waals surface area contributed by atoms with E-state index < -0.39 is 0 Å². The average Bonchev–Trinajstić information content (AvgIpc) is 2.89. The smallest absolute Gasteiger partial charge is 0.232 e. The van der Waals surface area contributed by atoms with Crippen molar-refractivity contribution >= 4 is 40.9 Å². The van der Waals surface area contributed by atoms with E-state index >= 15 is 0 Å². The normalized spacial score (nSPS) is 18.6. The highest BCUT2D eigenvalue weighted by Gasteiger charge is 2.26. The summed E-state index contributed by atoms with van der Waals surface area (Å²) in [5.41, 5.74) is 6.69. The van der Waals surface area contributed by atoms with Crippen LogP contribution in [0.1, 0.15) is 18.4 Å². The molecule has 1 fully saturated rings. The van der Waals surface area contributed by atoms with E-state index in [4.69, 9.17) is 28.9 Å². The molecule has 110 valence electrons. The van der Waals surface area contributed by atoms with Crippen LogP contribution < -0.4 is 5.73 Å². The minimum Gasteiger partial charge on any atom is -0.338 e. The number of carbonyl (C=O) groups is 1. The van der Waals surface area contributed by atoms with E-state index in [1.54, 1.807) is 17.8 Å². The third-order valence-electron chi connectivity index (χ3n) is 3.47. The molecule has 1 aromatic carbocycles. The van der Waals surface area contributed by atoms with Crippen molar-refractivity contribution in [2.75, 3.05) is 18.8 Å². The number of rotatable bonds is 5. The van der Waals surface area contributed by atoms with Gasteiger partial charge in [-0.2, -0.15) is 0 Å². The maximum atomic E-state index is 12.1. The average molecular weight is 333 g/mol. The summed E-state index contributed by atoms with van der Waals surface area (Å²) in [4.78, 5) is 14.1. The lowest BCUT2D eigenvalue weighted by Crippen LogP contribution is -2.40. The summed E-state index contributed by atoms with van der Waals surface area (Å²) in [5, 5.41) is 1.28. The summed E-state index contributed by atoms with van der Waals surface area (Å²) in [6.45, 7) is 1.39. The van der Waals surface area contributed by atoms with Gasteiger partial charge in [0.2, 0.25) is 5.91 Å². The van der Waals surface area contributed by atoms with Crippen LogP contribution in [-0.4, -0.2) is 35.7 Å². The molecule has 1 heterocycles. The van der Waals surface area contributed by atoms with Crippen molar-refractivity contribution in [2.24, 2.45) is 5.73 Å². The quantitative estimate of drug-likeness (QED) is 0.900. The van der Waals surface area contributed by atoms with Crippen molar-refractivity contribution in [1.82, 2.24) is 4.90 Å². The van der Waals surface area contributed by atoms with Gasteiger partial charge in [-0.05, 0) is 30.5 Å². The van der Waals surface area contributed by atoms with Gasteiger partial charge in [-0.25, -0.2) is 0 Å². The van der Waals surface area contributed by atoms with Crippen LogP contribution in [0.25, 0.3) is 0 Å². The Kier molecular flexibility index (Phi) is 6.02. The third kappa shape index (κ3) is 4.04. The second kappa shape index (κ2) is 7.55. The van der Waals surface area contributed by atoms with Crippen molar-refractivity contribution in [3.8, 4) is 0 Å². The second-order valence-electron chi connectivity index (χ2n) is 4.85. The van der Waals surface area contributed by atoms with E-state index in [2.05, 4.69) is 0 Å². The Bertz CT molecular complexity index is 484. The molecule has 2 rings (SSSR count). The van der Waals surface area contributed by atoms with Crippen LogP contribution in [0.4, 0.5) is 0 Å². The van der Waals surface area contributed by atoms with Crippen molar-refractivity contribution in [2.45, 2.75) is 24.6 Å². The van der Waals surface area contributed by atoms with Gasteiger partial charge in [-0.15, -0.1) is 11.8 Å². The Hall–Kier alpha value is -0.420. The molecule has 3 nitrogen and oxygen atoms in total. The molecule has 1 saturated heterocycles. The van der Waals surface area contributed by atoms with Crippen molar-refractivity contribution in [3.63, 3.8) is 0 Å². The van der Waals surface area contributed by atoms with Crippen LogP contribution >= 0.6 is 35.0 Å². The molecule has 0 aromatic heterocycles. The maximum Gasteiger partial charge on any atom is 0.232 e. The van der Waals surface area contributed by atoms with Gasteiger partial charge < -0.3 is 10.6 Å². The molecule has 2 N–H and O–H groups in total. The molecule has 6 heteroatoms. The van der Waals surface area contributed by atoms with E-state index in [9.17, 15) is 4.79 Å². The predicted octanol–water partition coefficient (Wildman–Crippen LogP) is 3.18. The number of benzene rings is 1. The number of hydrogen-bond acceptors (Lipinski definition) is 3. The van der Waals surface area contributed by atoms with Crippen LogP contribution in [0.3, 0.4) is 0 Å². The highest BCUT2D eigenvalue weighted by molar-refractivity contribution is 7.99. The van der Waals surface area contributed by atoms with E-state index in [0.717, 1.165) is 24.9 Å². The van der Waals surface area contributed by atoms with E-state index in [1.807, 2.05) is 17.0 Å². The lowest BCUT2D eigenvalue weighted by Gasteiger charge is -2.23. The first-order valence-corrected chi connectivity index (χ1v) is 8.54. The summed E-state index contributed by atoms with van der Waals surface area (Å²) in [5.74, 6) is 1.35. The zero-order chi connectivity index (χ0) is 14.5. The lowest BCUT2D eigenvalue weighted by atomic mass is 10.2. The van der Waals surface area contributed by atoms with Gasteiger partial charge in [-0.1, -0.05) is 29.3 Å². The molecule has 1 aliphatic rings. The molecule has 1 amide bonds. The van der Waals surface area contributed by atoms with Gasteiger partial charge in [0.1, 0.15) is 0 Å². The van der Waals surface area contributed by atoms with Gasteiger partial charge in [0, 0.05) is 34.9 Å². The van der Waals surface area contributed by atoms with Crippen LogP contribution in [0.15, 0.2) is 18.2 Å². The molecule has 0 aliphatic carbocycles. The Morgan fingerprint density at radius 3 is 2.95 bits per heavy atom. The number of amides is 1. The van der Waals surface area contributed by atoms with Crippen LogP contribution in [-0.2, 0) is 10.5 Å². The minimum absolute atomic E-state index is 0.174. The fourth-order valence-corrected chi connectivity index (χ4v) is 3.85. The fourth-order valence-electron chi connectivity index (χ4n) is 2.38. The van der Waals surface area contributed by atoms with Gasteiger partial charge in [0.15, 0.2) is 0 Å². The minimum atomic E-state index is 0.174. The predicted molar refractivity (Wildman–Crippen MR) is 86.4 cm³/mol. The number of thioether (sulfide) groups is 1. The fraction of sp³-hybridized carbons (Fsp3) is 0.500. The van der Waals surface area contributed by atoms with Gasteiger partial charge in [0.05, 0.1) is 5.75 Å². The molecule has 0 bridgehead atoms. The maximum absolute atomic E-state index is 12.1. The highest BCUT2D eigenvalue weighted by atomic mass is 35.5. The zero-order valence-electron chi connectivity index (χ0n) is 11.1. The summed E-state index contributed by atoms with van der Waals surface area (Å²) >= 11 is 13.5. The summed E-state index contributed by atoms with van der Waals surface area (Å²) in [6, 6.07) is 5.67. The van der Waals surface area contributed by atoms with Gasteiger partial charge >= 0.3 is 0 Å². The molecule has 1 unspecified atom stereocenters. The van der Waals surface area contributed by atoms with Gasteiger partial charge in [-0.3, -0.25) is 4.79 Å². The standard InChI is InChI=1S/C14H18Cl2N2OS/c15-11-4-3-10(13(16)6-11)8-20-9-14(19)18-5-1-2-12(18)7-17/h3-4,6,12H,1-2,5,7-9,17H2. The third-order valence-corrected chi connectivity index (χ3v) is 5.02. The summed E-state index contributed by atoms with van der Waals surface area (Å²) in [7, 11) is 0. The molecule has 1 atom stereocenters. The number of likely N-dealkylation sites (tertiary alicyclic amines) is 1. The lowest BCUT2D eigenvalue weighted by molar-refractivity contribution is -0.128. The monoisotopic (exact) mass is 332 g/mol. The molecular weight excluding hydrogens is 315 g/mol. The number of halogens is 2. The van der Waals surface area contributed by atoms with Crippen LogP contribution in [0, 0.1) is 0 Å². The van der Waals surface area contributed by atoms with Gasteiger partial charge in [0.25, 0.3) is 0 Å². The Morgan fingerprint density at radius 1 is 1.45 bits per heavy atom. The number of carbonyl (C=O) groups excluding carboxylic acids is 1. The zero-order valence-corrected chi connectivity index (χ0v) is 13.5. The SMILES string of the molecule is NCC1CCCN1C(=O)CSCc1ccc(Cl)cc1Cl. The van der Waals surface area contributed by atoms with Crippen molar-refractivity contribution in [1.29, 1.82) is 0 Å². The Balaban J connectivity index is 1.82. The summed E-state index contributed by atoms with van der Waals surface area (Å²) < 4.78 is 0. The molecule has 1 aliphatic heterocycles. The van der Waals surface area contributed by atoms with Crippen LogP contribution in [0.5, 0.6) is 0 Å². The first-order valence-electron chi connectivity index (χ1n) is 6.63. The van der Waals surface area contributed by atoms with Crippen LogP contribution in [0.2, 0.25) is 10.0 Å². The van der Waals surface area contributed by atoms with E-state index in [-0.39, 0.29) is 11.9 Å². The highest BCUT2D eigenvalue weighted by Crippen LogP contribution is 2.25. The number of hydrogen-bond donors (Lipinski definition) is 1. The molecular formula is C14H18Cl2N2OS. The topological polar surface area (TPSA) is 46.3 Å². The summed E-state index contributed by atoms with van der Waals surface area (Å²) in [6.07, 6.45) is 2.08. The molecule has 0 spiro atoms. The van der Waals surface area contributed by atoms with Crippen molar-refractivity contribution in [3.05, 3.63) is 33.8 Å². The molecule has 0 saturated carbocycles. The first-order chi connectivity index (χ1) is 9.61. The molecule has 0 radical (unpaired) electrons. The second-order valence-corrected chi connectivity index (χ2v) is 6.68.